The van der Waals surface area contributed by atoms with Crippen molar-refractivity contribution in [1.29, 1.82) is 0 Å². The third kappa shape index (κ3) is 3.64. The smallest absolute Gasteiger partial charge is 0.291 e. The summed E-state index contributed by atoms with van der Waals surface area (Å²) in [4.78, 5) is 49.9. The van der Waals surface area contributed by atoms with E-state index in [4.69, 9.17) is 0 Å². The molecule has 4 heterocycles. The minimum atomic E-state index is -0.424. The Balaban J connectivity index is 1.39. The van der Waals surface area contributed by atoms with Gasteiger partial charge in [-0.2, -0.15) is 9.50 Å². The van der Waals surface area contributed by atoms with Gasteiger partial charge in [-0.1, -0.05) is 41.7 Å². The zero-order valence-corrected chi connectivity index (χ0v) is 19.8. The minimum Gasteiger partial charge on any atom is -0.325 e. The highest BCUT2D eigenvalue weighted by atomic mass is 32.1. The number of fused-ring (bicyclic) bond motifs is 2. The van der Waals surface area contributed by atoms with Gasteiger partial charge >= 0.3 is 0 Å². The molecule has 0 aliphatic carbocycles. The summed E-state index contributed by atoms with van der Waals surface area (Å²) in [5.74, 6) is -0.339. The Bertz CT molecular complexity index is 1780. The first-order chi connectivity index (χ1) is 17.5. The number of rotatable bonds is 4. The van der Waals surface area contributed by atoms with Crippen molar-refractivity contribution < 1.29 is 9.59 Å². The lowest BCUT2D eigenvalue weighted by atomic mass is 10.1. The fourth-order valence-electron chi connectivity index (χ4n) is 4.23. The van der Waals surface area contributed by atoms with E-state index in [9.17, 15) is 14.4 Å². The van der Waals surface area contributed by atoms with Crippen molar-refractivity contribution in [2.24, 2.45) is 0 Å². The first-order valence-corrected chi connectivity index (χ1v) is 11.9. The number of hydrogen-bond donors (Lipinski definition) is 1. The molecular weight excluding hydrogens is 476 g/mol. The predicted molar refractivity (Wildman–Crippen MR) is 137 cm³/mol. The van der Waals surface area contributed by atoms with E-state index in [1.165, 1.54) is 9.42 Å². The van der Waals surface area contributed by atoms with Crippen LogP contribution in [0.5, 0.6) is 0 Å². The third-order valence-corrected chi connectivity index (χ3v) is 6.88. The summed E-state index contributed by atoms with van der Waals surface area (Å²) in [6.45, 7) is 1.75. The maximum Gasteiger partial charge on any atom is 0.291 e. The van der Waals surface area contributed by atoms with E-state index < -0.39 is 11.5 Å². The highest BCUT2D eigenvalue weighted by molar-refractivity contribution is 7.15. The monoisotopic (exact) mass is 494 g/mol. The second kappa shape index (κ2) is 8.51. The van der Waals surface area contributed by atoms with Gasteiger partial charge < -0.3 is 5.32 Å². The molecule has 0 atom stereocenters. The number of nitrogens with one attached hydrogen (secondary N) is 1. The molecule has 176 valence electrons. The van der Waals surface area contributed by atoms with Gasteiger partial charge in [0.05, 0.1) is 11.3 Å². The number of pyridine rings is 1. The van der Waals surface area contributed by atoms with Crippen LogP contribution in [0.4, 0.5) is 11.4 Å². The van der Waals surface area contributed by atoms with Crippen molar-refractivity contribution in [2.75, 3.05) is 16.8 Å². The second-order valence-corrected chi connectivity index (χ2v) is 9.28. The molecule has 0 unspecified atom stereocenters. The van der Waals surface area contributed by atoms with Crippen molar-refractivity contribution in [3.63, 3.8) is 0 Å². The van der Waals surface area contributed by atoms with Gasteiger partial charge in [0.25, 0.3) is 11.5 Å². The lowest BCUT2D eigenvalue weighted by molar-refractivity contribution is -0.118. The lowest BCUT2D eigenvalue weighted by Crippen LogP contribution is -2.37. The average Bonchev–Trinajstić information content (AvgIpc) is 3.51. The Kier molecular flexibility index (Phi) is 5.15. The highest BCUT2D eigenvalue weighted by Gasteiger charge is 2.35. The molecule has 0 saturated carbocycles. The highest BCUT2D eigenvalue weighted by Crippen LogP contribution is 2.35. The number of carbonyl (C=O) groups is 2. The normalized spacial score (nSPS) is 14.4. The van der Waals surface area contributed by atoms with Crippen LogP contribution in [0.3, 0.4) is 0 Å². The molecule has 2 amide bonds. The predicted octanol–water partition coefficient (Wildman–Crippen LogP) is 2.42. The lowest BCUT2D eigenvalue weighted by Gasteiger charge is -2.16. The Morgan fingerprint density at radius 2 is 1.83 bits per heavy atom. The molecule has 5 aromatic rings. The maximum absolute atomic E-state index is 13.6. The van der Waals surface area contributed by atoms with Crippen LogP contribution in [0.2, 0.25) is 0 Å². The standard InChI is InChI=1S/C26H18N6O3S/c1-15-5-4-6-17(13-15)28-20(33)14-31-19-8-3-2-7-18(19)21(24(31)34)22-25(35)32-26(36-22)29-23(30-32)16-9-11-27-12-10-16/h2-13H,14H2,1H3,(H,28,33). The number of para-hydroxylation sites is 1. The fourth-order valence-corrected chi connectivity index (χ4v) is 5.23. The molecular formula is C26H18N6O3S. The number of benzene rings is 2. The Labute approximate surface area is 208 Å². The van der Waals surface area contributed by atoms with Crippen LogP contribution in [0, 0.1) is 6.92 Å². The van der Waals surface area contributed by atoms with Gasteiger partial charge in [0, 0.05) is 29.2 Å². The third-order valence-electron chi connectivity index (χ3n) is 5.85. The number of carbonyl (C=O) groups excluding carboxylic acids is 2. The molecule has 0 fully saturated rings. The van der Waals surface area contributed by atoms with Crippen molar-refractivity contribution >= 4 is 45.1 Å². The van der Waals surface area contributed by atoms with Gasteiger partial charge in [-0.05, 0) is 42.8 Å². The van der Waals surface area contributed by atoms with Crippen LogP contribution in [0.25, 0.3) is 21.9 Å². The summed E-state index contributed by atoms with van der Waals surface area (Å²) >= 11 is 1.11. The topological polar surface area (TPSA) is 110 Å². The van der Waals surface area contributed by atoms with Crippen LogP contribution in [-0.4, -0.2) is 37.9 Å². The molecule has 0 spiro atoms. The summed E-state index contributed by atoms with van der Waals surface area (Å²) < 4.78 is 1.46. The van der Waals surface area contributed by atoms with E-state index in [-0.39, 0.29) is 22.6 Å². The summed E-state index contributed by atoms with van der Waals surface area (Å²) in [6, 6.07) is 18.1. The van der Waals surface area contributed by atoms with E-state index in [0.29, 0.717) is 27.7 Å². The van der Waals surface area contributed by atoms with Gasteiger partial charge in [0.1, 0.15) is 11.1 Å². The largest absolute Gasteiger partial charge is 0.325 e. The first kappa shape index (κ1) is 21.8. The van der Waals surface area contributed by atoms with Gasteiger partial charge in [-0.3, -0.25) is 24.3 Å². The van der Waals surface area contributed by atoms with E-state index in [1.807, 2.05) is 25.1 Å². The Morgan fingerprint density at radius 3 is 2.61 bits per heavy atom. The van der Waals surface area contributed by atoms with E-state index in [0.717, 1.165) is 22.5 Å². The zero-order chi connectivity index (χ0) is 24.8. The second-order valence-electron chi connectivity index (χ2n) is 8.30. The van der Waals surface area contributed by atoms with Crippen molar-refractivity contribution in [3.05, 3.63) is 99.1 Å². The zero-order valence-electron chi connectivity index (χ0n) is 19.0. The molecule has 1 aliphatic heterocycles. The van der Waals surface area contributed by atoms with Crippen LogP contribution in [-0.2, 0) is 9.59 Å². The summed E-state index contributed by atoms with van der Waals surface area (Å²) in [5, 5.41) is 7.19. The number of amides is 2. The molecule has 0 bridgehead atoms. The molecule has 36 heavy (non-hydrogen) atoms. The average molecular weight is 495 g/mol. The first-order valence-electron chi connectivity index (χ1n) is 11.1. The maximum atomic E-state index is 13.6. The number of aromatic nitrogens is 4. The summed E-state index contributed by atoms with van der Waals surface area (Å²) in [5.41, 5.74) is 3.41. The summed E-state index contributed by atoms with van der Waals surface area (Å²) in [6.07, 6.45) is 3.25. The van der Waals surface area contributed by atoms with Crippen LogP contribution in [0.15, 0.2) is 77.9 Å². The number of aryl methyl sites for hydroxylation is 1. The number of thiazole rings is 1. The molecule has 1 aliphatic rings. The van der Waals surface area contributed by atoms with Crippen molar-refractivity contribution in [2.45, 2.75) is 6.92 Å². The molecule has 2 aromatic carbocycles. The Hall–Kier alpha value is -4.70. The van der Waals surface area contributed by atoms with Gasteiger partial charge in [0.2, 0.25) is 10.9 Å². The van der Waals surface area contributed by atoms with E-state index in [1.54, 1.807) is 54.9 Å². The van der Waals surface area contributed by atoms with Gasteiger partial charge in [-0.15, -0.1) is 5.10 Å². The quantitative estimate of drug-likeness (QED) is 0.411. The van der Waals surface area contributed by atoms with E-state index >= 15 is 0 Å². The van der Waals surface area contributed by atoms with Crippen molar-refractivity contribution in [3.8, 4) is 11.4 Å². The molecule has 3 aromatic heterocycles. The molecule has 9 nitrogen and oxygen atoms in total. The molecule has 1 N–H and O–H groups in total. The number of hydrogen-bond acceptors (Lipinski definition) is 7. The molecule has 0 saturated heterocycles. The summed E-state index contributed by atoms with van der Waals surface area (Å²) in [7, 11) is 0. The molecule has 0 radical (unpaired) electrons. The van der Waals surface area contributed by atoms with Crippen LogP contribution in [0.1, 0.15) is 11.1 Å². The Morgan fingerprint density at radius 1 is 1.03 bits per heavy atom. The van der Waals surface area contributed by atoms with Gasteiger partial charge in [0.15, 0.2) is 5.82 Å². The van der Waals surface area contributed by atoms with E-state index in [2.05, 4.69) is 20.4 Å². The van der Waals surface area contributed by atoms with Crippen LogP contribution >= 0.6 is 11.3 Å². The molecule has 10 heteroatoms. The van der Waals surface area contributed by atoms with Crippen LogP contribution < -0.4 is 20.3 Å². The number of nitrogens with zero attached hydrogens (tertiary/aromatic N) is 5. The minimum absolute atomic E-state index is 0.186. The fraction of sp³-hybridized carbons (Fsp3) is 0.0769. The van der Waals surface area contributed by atoms with Gasteiger partial charge in [-0.25, -0.2) is 0 Å². The number of anilines is 2. The SMILES string of the molecule is Cc1cccc(NC(=O)CN2C(=O)C(=c3sc4nc(-c5ccncc5)nn4c3=O)c3ccccc32)c1. The molecule has 6 rings (SSSR count). The van der Waals surface area contributed by atoms with Crippen molar-refractivity contribution in [1.82, 2.24) is 19.6 Å².